The summed E-state index contributed by atoms with van der Waals surface area (Å²) in [5.74, 6) is -1.91. The van der Waals surface area contributed by atoms with Gasteiger partial charge in [-0.1, -0.05) is 15.9 Å². The fourth-order valence-electron chi connectivity index (χ4n) is 0.881. The van der Waals surface area contributed by atoms with Gasteiger partial charge in [-0.2, -0.15) is 0 Å². The first-order valence-electron chi connectivity index (χ1n) is 3.48. The molecule has 0 aliphatic carbocycles. The Balaban J connectivity index is 3.22. The third-order valence-electron chi connectivity index (χ3n) is 1.57. The summed E-state index contributed by atoms with van der Waals surface area (Å²) in [6, 6.07) is 2.31. The molecule has 6 heteroatoms. The Labute approximate surface area is 95.8 Å². The van der Waals surface area contributed by atoms with Crippen molar-refractivity contribution in [3.8, 4) is 0 Å². The summed E-state index contributed by atoms with van der Waals surface area (Å²) >= 11 is 5.86. The molecule has 0 bridgehead atoms. The highest BCUT2D eigenvalue weighted by atomic mass is 79.9. The van der Waals surface area contributed by atoms with E-state index in [9.17, 15) is 14.3 Å². The van der Waals surface area contributed by atoms with E-state index in [0.717, 1.165) is 6.07 Å². The quantitative estimate of drug-likeness (QED) is 0.820. The summed E-state index contributed by atoms with van der Waals surface area (Å²) in [5, 5.41) is 17.8. The minimum Gasteiger partial charge on any atom is -0.479 e. The second-order valence-corrected chi connectivity index (χ2v) is 4.24. The lowest BCUT2D eigenvalue weighted by molar-refractivity contribution is -0.147. The van der Waals surface area contributed by atoms with Gasteiger partial charge in [0.05, 0.1) is 4.47 Å². The number of hydrogen-bond donors (Lipinski definition) is 2. The van der Waals surface area contributed by atoms with Crippen molar-refractivity contribution in [3.05, 3.63) is 32.5 Å². The van der Waals surface area contributed by atoms with E-state index in [-0.39, 0.29) is 14.5 Å². The predicted molar refractivity (Wildman–Crippen MR) is 54.4 cm³/mol. The number of carboxylic acids is 1. The Bertz CT molecular complexity index is 381. The normalized spacial score (nSPS) is 12.6. The molecule has 76 valence electrons. The molecule has 0 saturated carbocycles. The first-order chi connectivity index (χ1) is 6.43. The zero-order valence-electron chi connectivity index (χ0n) is 6.67. The van der Waals surface area contributed by atoms with Gasteiger partial charge >= 0.3 is 5.97 Å². The lowest BCUT2D eigenvalue weighted by Crippen LogP contribution is -2.11. The molecule has 0 aromatic heterocycles. The van der Waals surface area contributed by atoms with Gasteiger partial charge in [0.2, 0.25) is 0 Å². The highest BCUT2D eigenvalue weighted by molar-refractivity contribution is 9.11. The Morgan fingerprint density at radius 1 is 1.36 bits per heavy atom. The van der Waals surface area contributed by atoms with Crippen molar-refractivity contribution in [2.75, 3.05) is 0 Å². The van der Waals surface area contributed by atoms with Gasteiger partial charge in [-0.3, -0.25) is 0 Å². The maximum absolute atomic E-state index is 12.9. The molecule has 14 heavy (non-hydrogen) atoms. The summed E-state index contributed by atoms with van der Waals surface area (Å²) in [6.45, 7) is 0. The van der Waals surface area contributed by atoms with Crippen LogP contribution < -0.4 is 0 Å². The highest BCUT2D eigenvalue weighted by Gasteiger charge is 2.20. The minimum absolute atomic E-state index is 0.103. The van der Waals surface area contributed by atoms with Gasteiger partial charge in [0, 0.05) is 10.0 Å². The van der Waals surface area contributed by atoms with Gasteiger partial charge in [-0.15, -0.1) is 0 Å². The van der Waals surface area contributed by atoms with Crippen LogP contribution in [0.3, 0.4) is 0 Å². The van der Waals surface area contributed by atoms with Gasteiger partial charge in [0.1, 0.15) is 5.82 Å². The fraction of sp³-hybridized carbons (Fsp3) is 0.125. The van der Waals surface area contributed by atoms with E-state index in [4.69, 9.17) is 5.11 Å². The van der Waals surface area contributed by atoms with Crippen LogP contribution in [0.2, 0.25) is 0 Å². The van der Waals surface area contributed by atoms with Crippen LogP contribution in [-0.2, 0) is 4.79 Å². The minimum atomic E-state index is -1.67. The molecule has 0 aliphatic rings. The Kier molecular flexibility index (Phi) is 3.63. The molecule has 0 heterocycles. The molecule has 3 nitrogen and oxygen atoms in total. The summed E-state index contributed by atoms with van der Waals surface area (Å²) in [7, 11) is 0. The van der Waals surface area contributed by atoms with Crippen LogP contribution in [0.25, 0.3) is 0 Å². The molecule has 2 N–H and O–H groups in total. The van der Waals surface area contributed by atoms with Crippen molar-refractivity contribution in [1.82, 2.24) is 0 Å². The second kappa shape index (κ2) is 4.37. The molecular weight excluding hydrogens is 323 g/mol. The van der Waals surface area contributed by atoms with Crippen LogP contribution in [0.1, 0.15) is 11.7 Å². The second-order valence-electron chi connectivity index (χ2n) is 2.53. The van der Waals surface area contributed by atoms with Crippen LogP contribution in [0, 0.1) is 5.82 Å². The van der Waals surface area contributed by atoms with Crippen molar-refractivity contribution in [2.24, 2.45) is 0 Å². The van der Waals surface area contributed by atoms with E-state index >= 15 is 0 Å². The van der Waals surface area contributed by atoms with Crippen LogP contribution in [0.4, 0.5) is 4.39 Å². The van der Waals surface area contributed by atoms with Crippen LogP contribution in [0.5, 0.6) is 0 Å². The maximum atomic E-state index is 12.9. The largest absolute Gasteiger partial charge is 0.479 e. The summed E-state index contributed by atoms with van der Waals surface area (Å²) in [5.41, 5.74) is 0.103. The van der Waals surface area contributed by atoms with E-state index < -0.39 is 17.9 Å². The maximum Gasteiger partial charge on any atom is 0.337 e. The predicted octanol–water partition coefficient (Wildman–Crippen LogP) is 2.47. The van der Waals surface area contributed by atoms with Crippen molar-refractivity contribution in [2.45, 2.75) is 6.10 Å². The molecule has 0 amide bonds. The lowest BCUT2D eigenvalue weighted by atomic mass is 10.1. The van der Waals surface area contributed by atoms with Crippen molar-refractivity contribution in [3.63, 3.8) is 0 Å². The average molecular weight is 328 g/mol. The third kappa shape index (κ3) is 2.31. The number of aliphatic hydroxyl groups excluding tert-OH is 1. The number of carboxylic acid groups (broad SMARTS) is 1. The van der Waals surface area contributed by atoms with E-state index in [0.29, 0.717) is 0 Å². The molecule has 1 rings (SSSR count). The number of hydrogen-bond acceptors (Lipinski definition) is 2. The first-order valence-corrected chi connectivity index (χ1v) is 5.07. The topological polar surface area (TPSA) is 57.5 Å². The van der Waals surface area contributed by atoms with Crippen LogP contribution >= 0.6 is 31.9 Å². The van der Waals surface area contributed by atoms with Crippen molar-refractivity contribution < 1.29 is 19.4 Å². The van der Waals surface area contributed by atoms with Crippen molar-refractivity contribution >= 4 is 37.8 Å². The van der Waals surface area contributed by atoms with E-state index in [1.165, 1.54) is 6.07 Å². The summed E-state index contributed by atoms with van der Waals surface area (Å²) < 4.78 is 13.2. The number of aliphatic carboxylic acids is 1. The molecule has 1 unspecified atom stereocenters. The van der Waals surface area contributed by atoms with E-state index in [1.54, 1.807) is 0 Å². The smallest absolute Gasteiger partial charge is 0.337 e. The number of rotatable bonds is 2. The number of halogens is 3. The highest BCUT2D eigenvalue weighted by Crippen LogP contribution is 2.29. The van der Waals surface area contributed by atoms with Crippen LogP contribution in [0.15, 0.2) is 21.1 Å². The molecule has 0 saturated heterocycles. The first kappa shape index (κ1) is 11.6. The molecule has 0 spiro atoms. The summed E-state index contributed by atoms with van der Waals surface area (Å²) in [4.78, 5) is 10.5. The SMILES string of the molecule is O=C(O)C(O)c1cc(Br)c(F)cc1Br. The average Bonchev–Trinajstić information content (AvgIpc) is 2.10. The van der Waals surface area contributed by atoms with E-state index in [1.807, 2.05) is 0 Å². The zero-order valence-corrected chi connectivity index (χ0v) is 9.84. The standard InChI is InChI=1S/C8H5Br2FO3/c9-4-2-6(11)5(10)1-3(4)7(12)8(13)14/h1-2,7,12H,(H,13,14). The monoisotopic (exact) mass is 326 g/mol. The molecule has 1 aromatic carbocycles. The fourth-order valence-corrected chi connectivity index (χ4v) is 1.77. The summed E-state index contributed by atoms with van der Waals surface area (Å²) in [6.07, 6.45) is -1.67. The van der Waals surface area contributed by atoms with Gasteiger partial charge in [-0.05, 0) is 28.1 Å². The van der Waals surface area contributed by atoms with Gasteiger partial charge < -0.3 is 10.2 Å². The van der Waals surface area contributed by atoms with Gasteiger partial charge in [0.15, 0.2) is 6.10 Å². The molecule has 0 radical (unpaired) electrons. The molecular formula is C8H5Br2FO3. The Hall–Kier alpha value is -0.460. The zero-order chi connectivity index (χ0) is 10.9. The lowest BCUT2D eigenvalue weighted by Gasteiger charge is -2.09. The molecule has 1 atom stereocenters. The number of benzene rings is 1. The molecule has 1 aromatic rings. The number of aliphatic hydroxyl groups is 1. The Morgan fingerprint density at radius 2 is 1.93 bits per heavy atom. The van der Waals surface area contributed by atoms with E-state index in [2.05, 4.69) is 31.9 Å². The molecule has 0 fully saturated rings. The van der Waals surface area contributed by atoms with Crippen LogP contribution in [-0.4, -0.2) is 16.2 Å². The van der Waals surface area contributed by atoms with Crippen molar-refractivity contribution in [1.29, 1.82) is 0 Å². The molecule has 0 aliphatic heterocycles. The van der Waals surface area contributed by atoms with Gasteiger partial charge in [0.25, 0.3) is 0 Å². The third-order valence-corrected chi connectivity index (χ3v) is 2.86. The van der Waals surface area contributed by atoms with Gasteiger partial charge in [-0.25, -0.2) is 9.18 Å². The number of carbonyl (C=O) groups is 1. The Morgan fingerprint density at radius 3 is 2.43 bits per heavy atom.